The Labute approximate surface area is 415 Å². The number of ether oxygens (including phenoxy) is 2. The SMILES string of the molecule is COC(=O)c1cc(C#N)c(Cl)cc1C.COC(=O)c1cc(I)c(Cl)cc1C.Cc1cc(Cl)c(C#N)cc1C(=O)O.Cc1cc(Cl)c(I)cc1C(=O)O.Cc1cc(Cl)ccc1C(=O)O. The van der Waals surface area contributed by atoms with E-state index in [-0.39, 0.29) is 27.7 Å². The van der Waals surface area contributed by atoms with E-state index in [1.54, 1.807) is 70.2 Å². The van der Waals surface area contributed by atoms with Gasteiger partial charge in [0.05, 0.1) is 73.3 Å². The van der Waals surface area contributed by atoms with E-state index >= 15 is 0 Å². The lowest BCUT2D eigenvalue weighted by atomic mass is 10.1. The van der Waals surface area contributed by atoms with Crippen molar-refractivity contribution in [2.45, 2.75) is 34.6 Å². The largest absolute Gasteiger partial charge is 0.478 e. The normalized spacial score (nSPS) is 9.59. The van der Waals surface area contributed by atoms with Gasteiger partial charge in [0.2, 0.25) is 0 Å². The van der Waals surface area contributed by atoms with Gasteiger partial charge in [-0.1, -0.05) is 58.0 Å². The zero-order valence-electron chi connectivity index (χ0n) is 34.1. The minimum Gasteiger partial charge on any atom is -0.478 e. The molecule has 0 unspecified atom stereocenters. The molecule has 0 aromatic heterocycles. The summed E-state index contributed by atoms with van der Waals surface area (Å²) in [5.41, 5.74) is 5.57. The summed E-state index contributed by atoms with van der Waals surface area (Å²) in [6.45, 7) is 8.64. The Balaban J connectivity index is 0.000000395. The Morgan fingerprint density at radius 1 is 0.476 bits per heavy atom. The van der Waals surface area contributed by atoms with Gasteiger partial charge in [-0.15, -0.1) is 0 Å². The van der Waals surface area contributed by atoms with Crippen molar-refractivity contribution in [3.05, 3.63) is 166 Å². The lowest BCUT2D eigenvalue weighted by Gasteiger charge is -2.05. The summed E-state index contributed by atoms with van der Waals surface area (Å²) in [5, 5.41) is 45.8. The summed E-state index contributed by atoms with van der Waals surface area (Å²) in [6, 6.07) is 20.9. The summed E-state index contributed by atoms with van der Waals surface area (Å²) < 4.78 is 10.8. The second kappa shape index (κ2) is 26.8. The van der Waals surface area contributed by atoms with Crippen LogP contribution in [0.25, 0.3) is 0 Å². The fourth-order valence-corrected chi connectivity index (χ4v) is 6.92. The van der Waals surface area contributed by atoms with Crippen LogP contribution < -0.4 is 0 Å². The molecule has 0 aliphatic carbocycles. The molecule has 0 fully saturated rings. The van der Waals surface area contributed by atoms with E-state index in [1.165, 1.54) is 38.5 Å². The van der Waals surface area contributed by atoms with E-state index in [0.717, 1.165) is 12.7 Å². The molecule has 5 aromatic rings. The standard InChI is InChI=1S/C10H8ClNO2.C9H8ClIO2.C9H6ClNO2.C8H6ClIO2.C8H7ClO2/c1-6-3-9(11)7(5-12)4-8(6)10(13)14-2;1-5-3-7(10)8(11)4-6(5)9(12)13-2;1-5-2-8(10)6(4-11)3-7(5)9(12)13;1-4-2-6(9)7(10)3-5(4)8(11)12;1-5-4-6(9)2-3-7(5)8(10)11/h3-4H,1-2H3;3-4H,1-2H3;2-3H,1H3,(H,12,13);2-3H,1H3,(H,11,12);2-4H,1H3,(H,10,11). The predicted octanol–water partition coefficient (Wildman–Crippen LogP) is 12.9. The summed E-state index contributed by atoms with van der Waals surface area (Å²) >= 11 is 32.8. The topological polar surface area (TPSA) is 212 Å². The second-order valence-corrected chi connectivity index (χ2v) is 16.9. The molecule has 5 rings (SSSR count). The molecule has 330 valence electrons. The number of nitriles is 2. The van der Waals surface area contributed by atoms with E-state index in [2.05, 4.69) is 32.1 Å². The van der Waals surface area contributed by atoms with Crippen molar-refractivity contribution < 1.29 is 48.8 Å². The van der Waals surface area contributed by atoms with Gasteiger partial charge in [0.15, 0.2) is 0 Å². The predicted molar refractivity (Wildman–Crippen MR) is 259 cm³/mol. The lowest BCUT2D eigenvalue weighted by Crippen LogP contribution is -2.04. The van der Waals surface area contributed by atoms with Crippen LogP contribution in [-0.2, 0) is 9.47 Å². The number of hydrogen-bond acceptors (Lipinski definition) is 9. The molecule has 0 bridgehead atoms. The van der Waals surface area contributed by atoms with Crippen LogP contribution in [0.5, 0.6) is 0 Å². The highest BCUT2D eigenvalue weighted by molar-refractivity contribution is 14.1. The van der Waals surface area contributed by atoms with Crippen molar-refractivity contribution in [2.75, 3.05) is 14.2 Å². The number of benzene rings is 5. The van der Waals surface area contributed by atoms with Gasteiger partial charge in [-0.05, 0) is 174 Å². The lowest BCUT2D eigenvalue weighted by molar-refractivity contribution is 0.0591. The molecule has 0 saturated heterocycles. The molecule has 0 saturated carbocycles. The Morgan fingerprint density at radius 3 is 1.13 bits per heavy atom. The van der Waals surface area contributed by atoms with Gasteiger partial charge < -0.3 is 24.8 Å². The van der Waals surface area contributed by atoms with E-state index in [9.17, 15) is 24.0 Å². The van der Waals surface area contributed by atoms with Crippen molar-refractivity contribution in [3.63, 3.8) is 0 Å². The van der Waals surface area contributed by atoms with Gasteiger partial charge in [0.1, 0.15) is 12.1 Å². The van der Waals surface area contributed by atoms with Gasteiger partial charge in [0.25, 0.3) is 0 Å². The Hall–Kier alpha value is -4.66. The first-order valence-corrected chi connectivity index (χ1v) is 21.3. The third kappa shape index (κ3) is 17.4. The van der Waals surface area contributed by atoms with Gasteiger partial charge in [-0.3, -0.25) is 0 Å². The van der Waals surface area contributed by atoms with Crippen molar-refractivity contribution in [3.8, 4) is 12.1 Å². The van der Waals surface area contributed by atoms with E-state index < -0.39 is 23.9 Å². The molecule has 5 aromatic carbocycles. The van der Waals surface area contributed by atoms with Crippen molar-refractivity contribution in [2.24, 2.45) is 0 Å². The molecule has 0 atom stereocenters. The second-order valence-electron chi connectivity index (χ2n) is 12.5. The van der Waals surface area contributed by atoms with Gasteiger partial charge >= 0.3 is 29.8 Å². The van der Waals surface area contributed by atoms with E-state index in [4.69, 9.17) is 83.8 Å². The highest BCUT2D eigenvalue weighted by atomic mass is 127. The summed E-state index contributed by atoms with van der Waals surface area (Å²) in [5.74, 6) is -3.67. The number of rotatable bonds is 5. The van der Waals surface area contributed by atoms with E-state index in [1.807, 2.05) is 41.7 Å². The van der Waals surface area contributed by atoms with Crippen LogP contribution in [0, 0.1) is 64.4 Å². The molecule has 12 nitrogen and oxygen atoms in total. The van der Waals surface area contributed by atoms with E-state index in [0.29, 0.717) is 64.6 Å². The number of aryl methyl sites for hydroxylation is 5. The molecule has 0 amide bonds. The van der Waals surface area contributed by atoms with Gasteiger partial charge in [-0.25, -0.2) is 24.0 Å². The fraction of sp³-hybridized carbons (Fsp3) is 0.159. The number of hydrogen-bond donors (Lipinski definition) is 3. The maximum absolute atomic E-state index is 11.2. The molecular formula is C44H35Cl5I2N2O10. The Bertz CT molecular complexity index is 2640. The minimum atomic E-state index is -1.05. The average molecular weight is 1180 g/mol. The number of carbonyl (C=O) groups excluding carboxylic acids is 2. The Kier molecular flexibility index (Phi) is 24.0. The van der Waals surface area contributed by atoms with Crippen LogP contribution in [0.15, 0.2) is 66.7 Å². The molecule has 0 aliphatic rings. The number of carbonyl (C=O) groups is 5. The quantitative estimate of drug-likeness (QED) is 0.111. The minimum absolute atomic E-state index is 0.112. The number of esters is 2. The monoisotopic (exact) mass is 1180 g/mol. The van der Waals surface area contributed by atoms with Gasteiger partial charge in [0, 0.05) is 12.2 Å². The summed E-state index contributed by atoms with van der Waals surface area (Å²) in [7, 11) is 2.66. The molecule has 0 heterocycles. The number of halogens is 7. The first-order chi connectivity index (χ1) is 29.3. The van der Waals surface area contributed by atoms with Crippen LogP contribution in [0.1, 0.15) is 90.7 Å². The third-order valence-corrected chi connectivity index (χ3v) is 12.0. The van der Waals surface area contributed by atoms with Crippen LogP contribution in [-0.4, -0.2) is 59.4 Å². The highest BCUT2D eigenvalue weighted by Gasteiger charge is 2.14. The van der Waals surface area contributed by atoms with Crippen LogP contribution in [0.3, 0.4) is 0 Å². The van der Waals surface area contributed by atoms with Crippen LogP contribution in [0.4, 0.5) is 0 Å². The summed E-state index contributed by atoms with van der Waals surface area (Å²) in [4.78, 5) is 54.2. The molecule has 3 N–H and O–H groups in total. The average Bonchev–Trinajstić information content (AvgIpc) is 3.20. The molecule has 0 aliphatic heterocycles. The molecule has 19 heteroatoms. The van der Waals surface area contributed by atoms with Crippen molar-refractivity contribution >= 4 is 133 Å². The van der Waals surface area contributed by atoms with Crippen LogP contribution >= 0.6 is 103 Å². The number of carboxylic acid groups (broad SMARTS) is 3. The van der Waals surface area contributed by atoms with Gasteiger partial charge in [-0.2, -0.15) is 10.5 Å². The first kappa shape index (κ1) is 56.4. The first-order valence-electron chi connectivity index (χ1n) is 17.3. The Morgan fingerprint density at radius 2 is 0.778 bits per heavy atom. The number of carboxylic acids is 3. The smallest absolute Gasteiger partial charge is 0.338 e. The zero-order chi connectivity index (χ0) is 48.5. The number of nitrogens with zero attached hydrogens (tertiary/aromatic N) is 2. The maximum Gasteiger partial charge on any atom is 0.338 e. The number of methoxy groups -OCH3 is 2. The van der Waals surface area contributed by atoms with Crippen molar-refractivity contribution in [1.29, 1.82) is 10.5 Å². The fourth-order valence-electron chi connectivity index (χ4n) is 4.80. The molecule has 0 spiro atoms. The highest BCUT2D eigenvalue weighted by Crippen LogP contribution is 2.25. The third-order valence-electron chi connectivity index (χ3n) is 8.09. The molecule has 0 radical (unpaired) electrons. The maximum atomic E-state index is 11.2. The number of aromatic carboxylic acids is 3. The van der Waals surface area contributed by atoms with Crippen LogP contribution in [0.2, 0.25) is 25.1 Å². The van der Waals surface area contributed by atoms with Crippen molar-refractivity contribution in [1.82, 2.24) is 0 Å². The molecule has 63 heavy (non-hydrogen) atoms. The summed E-state index contributed by atoms with van der Waals surface area (Å²) in [6.07, 6.45) is 0. The zero-order valence-corrected chi connectivity index (χ0v) is 42.2. The molecular weight excluding hydrogens is 1150 g/mol.